The van der Waals surface area contributed by atoms with E-state index in [1.807, 2.05) is 0 Å². The number of rotatable bonds is 5. The van der Waals surface area contributed by atoms with Gasteiger partial charge in [0.1, 0.15) is 6.10 Å². The first-order valence-corrected chi connectivity index (χ1v) is 8.58. The number of hydrogen-bond donors (Lipinski definition) is 1. The standard InChI is InChI=1S/C17H25N3O3/c1-22-16-17(19-11-10-18-16)23-14-8-6-13(7-9-14)20-15(21)12-4-2-3-5-12/h10-14H,2-9H2,1H3,(H,20,21). The molecule has 0 bridgehead atoms. The number of carbonyl (C=O) groups is 1. The molecule has 1 heterocycles. The molecule has 6 nitrogen and oxygen atoms in total. The largest absolute Gasteiger partial charge is 0.477 e. The molecule has 3 rings (SSSR count). The summed E-state index contributed by atoms with van der Waals surface area (Å²) in [6, 6.07) is 0.284. The molecule has 2 saturated carbocycles. The highest BCUT2D eigenvalue weighted by molar-refractivity contribution is 5.79. The van der Waals surface area contributed by atoms with Crippen LogP contribution >= 0.6 is 0 Å². The average Bonchev–Trinajstić information content (AvgIpc) is 3.12. The van der Waals surface area contributed by atoms with Crippen LogP contribution in [0.3, 0.4) is 0 Å². The van der Waals surface area contributed by atoms with Crippen molar-refractivity contribution in [1.82, 2.24) is 15.3 Å². The summed E-state index contributed by atoms with van der Waals surface area (Å²) in [5.41, 5.74) is 0. The zero-order chi connectivity index (χ0) is 16.1. The third-order valence-electron chi connectivity index (χ3n) is 4.85. The van der Waals surface area contributed by atoms with Crippen LogP contribution in [-0.2, 0) is 4.79 Å². The Hall–Kier alpha value is -1.85. The molecule has 6 heteroatoms. The van der Waals surface area contributed by atoms with Crippen molar-refractivity contribution >= 4 is 5.91 Å². The van der Waals surface area contributed by atoms with Crippen molar-refractivity contribution in [3.05, 3.63) is 12.4 Å². The first kappa shape index (κ1) is 16.0. The molecule has 1 amide bonds. The average molecular weight is 319 g/mol. The number of nitrogens with zero attached hydrogens (tertiary/aromatic N) is 2. The summed E-state index contributed by atoms with van der Waals surface area (Å²) in [6.07, 6.45) is 11.5. The minimum Gasteiger partial charge on any atom is -0.477 e. The van der Waals surface area contributed by atoms with E-state index in [-0.39, 0.29) is 24.0 Å². The normalized spacial score (nSPS) is 25.1. The van der Waals surface area contributed by atoms with E-state index in [2.05, 4.69) is 15.3 Å². The molecular weight excluding hydrogens is 294 g/mol. The van der Waals surface area contributed by atoms with Crippen LogP contribution in [0.15, 0.2) is 12.4 Å². The lowest BCUT2D eigenvalue weighted by molar-refractivity contribution is -0.125. The summed E-state index contributed by atoms with van der Waals surface area (Å²) >= 11 is 0. The Morgan fingerprint density at radius 2 is 1.70 bits per heavy atom. The molecule has 0 radical (unpaired) electrons. The third-order valence-corrected chi connectivity index (χ3v) is 4.85. The van der Waals surface area contributed by atoms with Gasteiger partial charge in [-0.1, -0.05) is 12.8 Å². The van der Waals surface area contributed by atoms with Crippen LogP contribution in [0.4, 0.5) is 0 Å². The molecule has 0 aromatic carbocycles. The monoisotopic (exact) mass is 319 g/mol. The molecule has 1 aromatic heterocycles. The number of methoxy groups -OCH3 is 1. The Balaban J connectivity index is 1.45. The molecule has 126 valence electrons. The Bertz CT molecular complexity index is 524. The minimum atomic E-state index is 0.111. The van der Waals surface area contributed by atoms with Crippen molar-refractivity contribution in [3.8, 4) is 11.8 Å². The molecule has 0 saturated heterocycles. The second-order valence-electron chi connectivity index (χ2n) is 6.45. The number of amides is 1. The van der Waals surface area contributed by atoms with Gasteiger partial charge in [0.25, 0.3) is 11.8 Å². The van der Waals surface area contributed by atoms with Crippen LogP contribution in [0.25, 0.3) is 0 Å². The molecular formula is C17H25N3O3. The Kier molecular flexibility index (Phi) is 5.31. The topological polar surface area (TPSA) is 73.3 Å². The van der Waals surface area contributed by atoms with E-state index >= 15 is 0 Å². The van der Waals surface area contributed by atoms with Crippen LogP contribution in [0, 0.1) is 5.92 Å². The van der Waals surface area contributed by atoms with Crippen LogP contribution in [0.2, 0.25) is 0 Å². The van der Waals surface area contributed by atoms with Crippen molar-refractivity contribution in [2.75, 3.05) is 7.11 Å². The summed E-state index contributed by atoms with van der Waals surface area (Å²) in [7, 11) is 1.56. The Morgan fingerprint density at radius 1 is 1.04 bits per heavy atom. The molecule has 1 N–H and O–H groups in total. The van der Waals surface area contributed by atoms with Gasteiger partial charge in [-0.05, 0) is 38.5 Å². The van der Waals surface area contributed by atoms with E-state index in [1.165, 1.54) is 12.8 Å². The van der Waals surface area contributed by atoms with Crippen LogP contribution in [-0.4, -0.2) is 35.1 Å². The first-order chi connectivity index (χ1) is 11.3. The maximum absolute atomic E-state index is 12.2. The fraction of sp³-hybridized carbons (Fsp3) is 0.706. The highest BCUT2D eigenvalue weighted by Gasteiger charge is 2.28. The maximum Gasteiger partial charge on any atom is 0.278 e. The van der Waals surface area contributed by atoms with Crippen molar-refractivity contribution in [1.29, 1.82) is 0 Å². The van der Waals surface area contributed by atoms with Gasteiger partial charge < -0.3 is 14.8 Å². The number of hydrogen-bond acceptors (Lipinski definition) is 5. The minimum absolute atomic E-state index is 0.111. The number of ether oxygens (including phenoxy) is 2. The van der Waals surface area contributed by atoms with Crippen molar-refractivity contribution in [2.24, 2.45) is 5.92 Å². The molecule has 1 aromatic rings. The Labute approximate surface area is 137 Å². The van der Waals surface area contributed by atoms with Gasteiger partial charge in [-0.25, -0.2) is 9.97 Å². The lowest BCUT2D eigenvalue weighted by atomic mass is 9.92. The van der Waals surface area contributed by atoms with Gasteiger partial charge in [0.2, 0.25) is 5.91 Å². The van der Waals surface area contributed by atoms with Crippen LogP contribution in [0.1, 0.15) is 51.4 Å². The van der Waals surface area contributed by atoms with E-state index in [4.69, 9.17) is 9.47 Å². The highest BCUT2D eigenvalue weighted by atomic mass is 16.5. The molecule has 0 unspecified atom stereocenters. The lowest BCUT2D eigenvalue weighted by Gasteiger charge is -2.30. The summed E-state index contributed by atoms with van der Waals surface area (Å²) < 4.78 is 11.1. The predicted molar refractivity (Wildman–Crippen MR) is 85.4 cm³/mol. The smallest absolute Gasteiger partial charge is 0.278 e. The lowest BCUT2D eigenvalue weighted by Crippen LogP contribution is -2.42. The molecule has 0 spiro atoms. The fourth-order valence-electron chi connectivity index (χ4n) is 3.52. The Morgan fingerprint density at radius 3 is 2.35 bits per heavy atom. The molecule has 0 atom stereocenters. The summed E-state index contributed by atoms with van der Waals surface area (Å²) in [5.74, 6) is 1.37. The number of carbonyl (C=O) groups excluding carboxylic acids is 1. The summed E-state index contributed by atoms with van der Waals surface area (Å²) in [4.78, 5) is 20.5. The second-order valence-corrected chi connectivity index (χ2v) is 6.45. The number of aromatic nitrogens is 2. The zero-order valence-electron chi connectivity index (χ0n) is 13.7. The van der Waals surface area contributed by atoms with Gasteiger partial charge in [-0.2, -0.15) is 0 Å². The number of nitrogens with one attached hydrogen (secondary N) is 1. The van der Waals surface area contributed by atoms with Crippen molar-refractivity contribution < 1.29 is 14.3 Å². The van der Waals surface area contributed by atoms with E-state index in [0.29, 0.717) is 11.8 Å². The highest BCUT2D eigenvalue weighted by Crippen LogP contribution is 2.28. The fourth-order valence-corrected chi connectivity index (χ4v) is 3.52. The van der Waals surface area contributed by atoms with Crippen LogP contribution < -0.4 is 14.8 Å². The molecule has 2 aliphatic rings. The maximum atomic E-state index is 12.2. The molecule has 23 heavy (non-hydrogen) atoms. The van der Waals surface area contributed by atoms with E-state index in [9.17, 15) is 4.79 Å². The first-order valence-electron chi connectivity index (χ1n) is 8.58. The van der Waals surface area contributed by atoms with Crippen molar-refractivity contribution in [2.45, 2.75) is 63.5 Å². The SMILES string of the molecule is COc1nccnc1OC1CCC(NC(=O)C2CCCC2)CC1. The summed E-state index contributed by atoms with van der Waals surface area (Å²) in [5, 5.41) is 3.22. The van der Waals surface area contributed by atoms with E-state index in [0.717, 1.165) is 38.5 Å². The van der Waals surface area contributed by atoms with Crippen LogP contribution in [0.5, 0.6) is 11.8 Å². The van der Waals surface area contributed by atoms with Gasteiger partial charge in [0, 0.05) is 24.4 Å². The summed E-state index contributed by atoms with van der Waals surface area (Å²) in [6.45, 7) is 0. The molecule has 0 aliphatic heterocycles. The molecule has 2 fully saturated rings. The second kappa shape index (κ2) is 7.62. The van der Waals surface area contributed by atoms with Crippen molar-refractivity contribution in [3.63, 3.8) is 0 Å². The van der Waals surface area contributed by atoms with E-state index < -0.39 is 0 Å². The van der Waals surface area contributed by atoms with Gasteiger partial charge in [-0.15, -0.1) is 0 Å². The third kappa shape index (κ3) is 4.12. The quantitative estimate of drug-likeness (QED) is 0.902. The van der Waals surface area contributed by atoms with Gasteiger partial charge >= 0.3 is 0 Å². The van der Waals surface area contributed by atoms with Gasteiger partial charge in [-0.3, -0.25) is 4.79 Å². The predicted octanol–water partition coefficient (Wildman–Crippen LogP) is 2.48. The van der Waals surface area contributed by atoms with Gasteiger partial charge in [0.05, 0.1) is 7.11 Å². The van der Waals surface area contributed by atoms with Gasteiger partial charge in [0.15, 0.2) is 0 Å². The van der Waals surface area contributed by atoms with E-state index in [1.54, 1.807) is 19.5 Å². The molecule has 2 aliphatic carbocycles. The zero-order valence-corrected chi connectivity index (χ0v) is 13.7.